The van der Waals surface area contributed by atoms with Crippen molar-refractivity contribution < 1.29 is 13.6 Å². The quantitative estimate of drug-likeness (QED) is 0.836. The molecule has 1 aromatic carbocycles. The largest absolute Gasteiger partial charge is 0.316 e. The van der Waals surface area contributed by atoms with Crippen LogP contribution in [-0.4, -0.2) is 18.9 Å². The van der Waals surface area contributed by atoms with Gasteiger partial charge in [0.15, 0.2) is 5.78 Å². The summed E-state index contributed by atoms with van der Waals surface area (Å²) in [6.07, 6.45) is 2.32. The molecular weight excluding hydrogens is 236 g/mol. The van der Waals surface area contributed by atoms with Crippen molar-refractivity contribution in [3.05, 3.63) is 35.4 Å². The van der Waals surface area contributed by atoms with E-state index in [0.717, 1.165) is 37.9 Å². The van der Waals surface area contributed by atoms with Gasteiger partial charge >= 0.3 is 0 Å². The van der Waals surface area contributed by atoms with E-state index in [2.05, 4.69) is 5.32 Å². The second-order valence-electron chi connectivity index (χ2n) is 4.91. The van der Waals surface area contributed by atoms with Crippen molar-refractivity contribution in [2.24, 2.45) is 5.41 Å². The van der Waals surface area contributed by atoms with Crippen LogP contribution in [0.3, 0.4) is 0 Å². The molecule has 2 nitrogen and oxygen atoms in total. The van der Waals surface area contributed by atoms with Crippen LogP contribution in [0.5, 0.6) is 0 Å². The number of nitrogens with one attached hydrogen (secondary N) is 1. The fourth-order valence-electron chi connectivity index (χ4n) is 2.70. The Labute approximate surface area is 105 Å². The third kappa shape index (κ3) is 2.29. The molecule has 98 valence electrons. The van der Waals surface area contributed by atoms with E-state index in [1.807, 2.05) is 6.92 Å². The predicted molar refractivity (Wildman–Crippen MR) is 65.5 cm³/mol. The van der Waals surface area contributed by atoms with Crippen molar-refractivity contribution in [2.45, 2.75) is 26.2 Å². The zero-order chi connectivity index (χ0) is 13.2. The molecule has 0 spiro atoms. The molecule has 0 amide bonds. The third-order valence-corrected chi connectivity index (χ3v) is 3.63. The smallest absolute Gasteiger partial charge is 0.173 e. The Bertz CT molecular complexity index is 453. The van der Waals surface area contributed by atoms with Crippen LogP contribution in [0.4, 0.5) is 8.78 Å². The number of rotatable bonds is 4. The molecule has 1 fully saturated rings. The topological polar surface area (TPSA) is 29.1 Å². The summed E-state index contributed by atoms with van der Waals surface area (Å²) in [5.74, 6) is -1.62. The van der Waals surface area contributed by atoms with Gasteiger partial charge in [-0.15, -0.1) is 0 Å². The van der Waals surface area contributed by atoms with Crippen molar-refractivity contribution in [2.75, 3.05) is 13.1 Å². The van der Waals surface area contributed by atoms with E-state index >= 15 is 0 Å². The standard InChI is InChI=1S/C14H17F2NO/c1-2-5-14(6-7-17-9-14)13(18)11-4-3-10(15)8-12(11)16/h3-4,8,17H,2,5-7,9H2,1H3. The molecule has 0 radical (unpaired) electrons. The first-order chi connectivity index (χ1) is 8.59. The molecule has 1 saturated heterocycles. The summed E-state index contributed by atoms with van der Waals surface area (Å²) in [5, 5.41) is 3.16. The van der Waals surface area contributed by atoms with Gasteiger partial charge in [-0.1, -0.05) is 13.3 Å². The van der Waals surface area contributed by atoms with Gasteiger partial charge in [-0.05, 0) is 31.5 Å². The second kappa shape index (κ2) is 5.14. The van der Waals surface area contributed by atoms with Crippen LogP contribution >= 0.6 is 0 Å². The first-order valence-electron chi connectivity index (χ1n) is 6.29. The molecule has 0 aromatic heterocycles. The van der Waals surface area contributed by atoms with Crippen molar-refractivity contribution >= 4 is 5.78 Å². The maximum absolute atomic E-state index is 13.7. The number of hydrogen-bond donors (Lipinski definition) is 1. The van der Waals surface area contributed by atoms with Crippen LogP contribution in [0.2, 0.25) is 0 Å². The number of ketones is 1. The summed E-state index contributed by atoms with van der Waals surface area (Å²) in [7, 11) is 0. The van der Waals surface area contributed by atoms with Gasteiger partial charge in [-0.3, -0.25) is 4.79 Å². The third-order valence-electron chi connectivity index (χ3n) is 3.63. The molecule has 0 aliphatic carbocycles. The van der Waals surface area contributed by atoms with Crippen molar-refractivity contribution in [3.63, 3.8) is 0 Å². The summed E-state index contributed by atoms with van der Waals surface area (Å²) in [6.45, 7) is 3.36. The summed E-state index contributed by atoms with van der Waals surface area (Å²) >= 11 is 0. The van der Waals surface area contributed by atoms with E-state index in [1.165, 1.54) is 6.07 Å². The highest BCUT2D eigenvalue weighted by Gasteiger charge is 2.41. The second-order valence-corrected chi connectivity index (χ2v) is 4.91. The fraction of sp³-hybridized carbons (Fsp3) is 0.500. The molecule has 1 aliphatic heterocycles. The Hall–Kier alpha value is -1.29. The van der Waals surface area contributed by atoms with Crippen LogP contribution in [0.25, 0.3) is 0 Å². The highest BCUT2D eigenvalue weighted by Crippen LogP contribution is 2.35. The molecule has 0 saturated carbocycles. The Morgan fingerprint density at radius 1 is 1.44 bits per heavy atom. The van der Waals surface area contributed by atoms with Gasteiger partial charge in [0.1, 0.15) is 11.6 Å². The number of Topliss-reactive ketones (excluding diaryl/α,β-unsaturated/α-hetero) is 1. The van der Waals surface area contributed by atoms with E-state index in [4.69, 9.17) is 0 Å². The molecule has 1 unspecified atom stereocenters. The predicted octanol–water partition coefficient (Wildman–Crippen LogP) is 2.93. The van der Waals surface area contributed by atoms with Crippen LogP contribution < -0.4 is 5.32 Å². The average molecular weight is 253 g/mol. The molecule has 1 aromatic rings. The summed E-state index contributed by atoms with van der Waals surface area (Å²) in [6, 6.07) is 3.16. The van der Waals surface area contributed by atoms with Crippen LogP contribution in [0.1, 0.15) is 36.5 Å². The monoisotopic (exact) mass is 253 g/mol. The molecule has 1 N–H and O–H groups in total. The maximum atomic E-state index is 13.7. The van der Waals surface area contributed by atoms with Gasteiger partial charge in [0.2, 0.25) is 0 Å². The van der Waals surface area contributed by atoms with E-state index in [0.29, 0.717) is 6.54 Å². The molecule has 4 heteroatoms. The fourth-order valence-corrected chi connectivity index (χ4v) is 2.70. The lowest BCUT2D eigenvalue weighted by Crippen LogP contribution is -2.34. The molecule has 1 atom stereocenters. The molecule has 1 aliphatic rings. The van der Waals surface area contributed by atoms with E-state index in [-0.39, 0.29) is 11.3 Å². The minimum Gasteiger partial charge on any atom is -0.316 e. The molecular formula is C14H17F2NO. The van der Waals surface area contributed by atoms with Gasteiger partial charge in [0.25, 0.3) is 0 Å². The number of carbonyl (C=O) groups excluding carboxylic acids is 1. The SMILES string of the molecule is CCCC1(C(=O)c2ccc(F)cc2F)CCNC1. The van der Waals surface area contributed by atoms with Crippen LogP contribution in [0, 0.1) is 17.0 Å². The number of benzene rings is 1. The Kier molecular flexibility index (Phi) is 3.76. The normalized spacial score (nSPS) is 23.3. The lowest BCUT2D eigenvalue weighted by atomic mass is 9.76. The van der Waals surface area contributed by atoms with Gasteiger partial charge in [0, 0.05) is 18.0 Å². The Morgan fingerprint density at radius 3 is 2.78 bits per heavy atom. The number of hydrogen-bond acceptors (Lipinski definition) is 2. The minimum atomic E-state index is -0.762. The zero-order valence-corrected chi connectivity index (χ0v) is 10.4. The number of halogens is 2. The minimum absolute atomic E-state index is 0.00792. The summed E-state index contributed by atoms with van der Waals surface area (Å²) < 4.78 is 26.6. The van der Waals surface area contributed by atoms with Crippen molar-refractivity contribution in [1.82, 2.24) is 5.32 Å². The zero-order valence-electron chi connectivity index (χ0n) is 10.4. The summed E-state index contributed by atoms with van der Waals surface area (Å²) in [4.78, 5) is 12.5. The number of carbonyl (C=O) groups is 1. The van der Waals surface area contributed by atoms with E-state index in [9.17, 15) is 13.6 Å². The highest BCUT2D eigenvalue weighted by atomic mass is 19.1. The molecule has 2 rings (SSSR count). The van der Waals surface area contributed by atoms with Crippen molar-refractivity contribution in [1.29, 1.82) is 0 Å². The lowest BCUT2D eigenvalue weighted by molar-refractivity contribution is 0.0797. The molecule has 18 heavy (non-hydrogen) atoms. The van der Waals surface area contributed by atoms with Gasteiger partial charge in [-0.2, -0.15) is 0 Å². The highest BCUT2D eigenvalue weighted by molar-refractivity contribution is 6.01. The van der Waals surface area contributed by atoms with Gasteiger partial charge in [-0.25, -0.2) is 8.78 Å². The van der Waals surface area contributed by atoms with Gasteiger partial charge < -0.3 is 5.32 Å². The Balaban J connectivity index is 2.34. The van der Waals surface area contributed by atoms with E-state index in [1.54, 1.807) is 0 Å². The van der Waals surface area contributed by atoms with Crippen LogP contribution in [-0.2, 0) is 0 Å². The van der Waals surface area contributed by atoms with E-state index < -0.39 is 17.0 Å². The Morgan fingerprint density at radius 2 is 2.22 bits per heavy atom. The average Bonchev–Trinajstić information content (AvgIpc) is 2.78. The van der Waals surface area contributed by atoms with Gasteiger partial charge in [0.05, 0.1) is 5.56 Å². The van der Waals surface area contributed by atoms with Crippen LogP contribution in [0.15, 0.2) is 18.2 Å². The molecule has 1 heterocycles. The maximum Gasteiger partial charge on any atom is 0.173 e. The first kappa shape index (κ1) is 13.1. The molecule has 0 bridgehead atoms. The first-order valence-corrected chi connectivity index (χ1v) is 6.29. The lowest BCUT2D eigenvalue weighted by Gasteiger charge is -2.26. The van der Waals surface area contributed by atoms with Crippen molar-refractivity contribution in [3.8, 4) is 0 Å². The summed E-state index contributed by atoms with van der Waals surface area (Å²) in [5.41, 5.74) is -0.513.